The van der Waals surface area contributed by atoms with Crippen LogP contribution in [0.2, 0.25) is 0 Å². The molecule has 1 fully saturated rings. The van der Waals surface area contributed by atoms with Crippen molar-refractivity contribution in [1.82, 2.24) is 4.98 Å². The van der Waals surface area contributed by atoms with Gasteiger partial charge in [0.1, 0.15) is 11.6 Å². The van der Waals surface area contributed by atoms with E-state index in [0.717, 1.165) is 43.3 Å². The van der Waals surface area contributed by atoms with Gasteiger partial charge in [-0.15, -0.1) is 0 Å². The van der Waals surface area contributed by atoms with Crippen LogP contribution in [0.1, 0.15) is 0 Å². The summed E-state index contributed by atoms with van der Waals surface area (Å²) < 4.78 is 10.0. The fourth-order valence-corrected chi connectivity index (χ4v) is 2.90. The minimum absolute atomic E-state index is 0.475. The summed E-state index contributed by atoms with van der Waals surface area (Å²) in [6.45, 7) is 3.60. The van der Waals surface area contributed by atoms with Gasteiger partial charge in [-0.1, -0.05) is 12.1 Å². The fourth-order valence-electron chi connectivity index (χ4n) is 2.90. The molecule has 0 spiro atoms. The van der Waals surface area contributed by atoms with Gasteiger partial charge in [0.05, 0.1) is 31.8 Å². The smallest absolute Gasteiger partial charge is 0.412 e. The highest BCUT2D eigenvalue weighted by atomic mass is 16.5. The van der Waals surface area contributed by atoms with Crippen molar-refractivity contribution in [1.29, 1.82) is 0 Å². The molecule has 0 saturated carbocycles. The van der Waals surface area contributed by atoms with E-state index in [0.29, 0.717) is 5.82 Å². The minimum atomic E-state index is -0.523. The van der Waals surface area contributed by atoms with Crippen LogP contribution < -0.4 is 19.9 Å². The Morgan fingerprint density at radius 2 is 1.76 bits per heavy atom. The molecule has 2 aromatic rings. The molecule has 1 N–H and O–H groups in total. The van der Waals surface area contributed by atoms with E-state index >= 15 is 0 Å². The third-order valence-electron chi connectivity index (χ3n) is 4.23. The first kappa shape index (κ1) is 16.9. The molecule has 1 aliphatic rings. The number of carbonyl (C=O) groups excluding carboxylic acids is 1. The van der Waals surface area contributed by atoms with Crippen molar-refractivity contribution in [3.05, 3.63) is 42.6 Å². The molecular formula is C18H22N4O3. The van der Waals surface area contributed by atoms with E-state index in [4.69, 9.17) is 4.74 Å². The summed E-state index contributed by atoms with van der Waals surface area (Å²) in [4.78, 5) is 20.1. The lowest BCUT2D eigenvalue weighted by Gasteiger charge is -2.37. The quantitative estimate of drug-likeness (QED) is 0.921. The van der Waals surface area contributed by atoms with Gasteiger partial charge in [0, 0.05) is 26.2 Å². The first-order valence-corrected chi connectivity index (χ1v) is 8.15. The van der Waals surface area contributed by atoms with Crippen LogP contribution in [-0.4, -0.2) is 51.5 Å². The van der Waals surface area contributed by atoms with Crippen LogP contribution in [0.5, 0.6) is 5.75 Å². The zero-order valence-corrected chi connectivity index (χ0v) is 14.4. The molecule has 1 saturated heterocycles. The number of methoxy groups -OCH3 is 2. The van der Waals surface area contributed by atoms with Crippen molar-refractivity contribution in [2.45, 2.75) is 0 Å². The number of benzene rings is 1. The van der Waals surface area contributed by atoms with Gasteiger partial charge in [-0.05, 0) is 24.3 Å². The number of carbonyl (C=O) groups is 1. The molecule has 1 aromatic carbocycles. The maximum Gasteiger partial charge on any atom is 0.412 e. The number of ether oxygens (including phenoxy) is 2. The monoisotopic (exact) mass is 342 g/mol. The molecule has 0 bridgehead atoms. The van der Waals surface area contributed by atoms with E-state index in [9.17, 15) is 4.79 Å². The second-order valence-corrected chi connectivity index (χ2v) is 5.66. The van der Waals surface area contributed by atoms with Gasteiger partial charge in [-0.3, -0.25) is 5.32 Å². The van der Waals surface area contributed by atoms with Crippen molar-refractivity contribution < 1.29 is 14.3 Å². The van der Waals surface area contributed by atoms with E-state index in [1.165, 1.54) is 7.11 Å². The van der Waals surface area contributed by atoms with Crippen LogP contribution in [0.15, 0.2) is 42.6 Å². The highest BCUT2D eigenvalue weighted by molar-refractivity contribution is 5.83. The third-order valence-corrected chi connectivity index (χ3v) is 4.23. The Hall–Kier alpha value is -2.96. The average molecular weight is 342 g/mol. The van der Waals surface area contributed by atoms with E-state index in [1.807, 2.05) is 24.3 Å². The highest BCUT2D eigenvalue weighted by Gasteiger charge is 2.20. The molecular weight excluding hydrogens is 320 g/mol. The van der Waals surface area contributed by atoms with Crippen LogP contribution >= 0.6 is 0 Å². The van der Waals surface area contributed by atoms with Gasteiger partial charge in [-0.25, -0.2) is 9.78 Å². The van der Waals surface area contributed by atoms with E-state index in [-0.39, 0.29) is 0 Å². The van der Waals surface area contributed by atoms with Gasteiger partial charge >= 0.3 is 6.09 Å². The molecule has 1 aromatic heterocycles. The van der Waals surface area contributed by atoms with E-state index < -0.39 is 6.09 Å². The number of hydrogen-bond donors (Lipinski definition) is 1. The average Bonchev–Trinajstić information content (AvgIpc) is 2.68. The lowest BCUT2D eigenvalue weighted by Crippen LogP contribution is -2.46. The van der Waals surface area contributed by atoms with Crippen molar-refractivity contribution in [2.75, 3.05) is 55.5 Å². The van der Waals surface area contributed by atoms with Crippen molar-refractivity contribution >= 4 is 23.3 Å². The second-order valence-electron chi connectivity index (χ2n) is 5.66. The standard InChI is InChI=1S/C18H22N4O3/c1-24-16-6-4-3-5-15(16)22-11-9-21(10-12-22)14-7-8-17(19-13-14)20-18(23)25-2/h3-8,13H,9-12H2,1-2H3,(H,19,20,23). The van der Waals surface area contributed by atoms with E-state index in [2.05, 4.69) is 30.9 Å². The molecule has 0 radical (unpaired) electrons. The molecule has 0 atom stereocenters. The normalized spacial score (nSPS) is 14.2. The van der Waals surface area contributed by atoms with Crippen LogP contribution in [0.3, 0.4) is 0 Å². The lowest BCUT2D eigenvalue weighted by molar-refractivity contribution is 0.187. The van der Waals surface area contributed by atoms with Gasteiger partial charge in [0.15, 0.2) is 0 Å². The Balaban J connectivity index is 1.61. The summed E-state index contributed by atoms with van der Waals surface area (Å²) in [5.41, 5.74) is 2.16. The van der Waals surface area contributed by atoms with Crippen molar-refractivity contribution in [2.24, 2.45) is 0 Å². The highest BCUT2D eigenvalue weighted by Crippen LogP contribution is 2.29. The van der Waals surface area contributed by atoms with Gasteiger partial charge in [0.2, 0.25) is 0 Å². The first-order valence-electron chi connectivity index (χ1n) is 8.15. The van der Waals surface area contributed by atoms with Crippen LogP contribution in [0.4, 0.5) is 22.0 Å². The molecule has 2 heterocycles. The summed E-state index contributed by atoms with van der Waals surface area (Å²) in [6, 6.07) is 11.8. The van der Waals surface area contributed by atoms with Gasteiger partial charge in [0.25, 0.3) is 0 Å². The first-order chi connectivity index (χ1) is 12.2. The lowest BCUT2D eigenvalue weighted by atomic mass is 10.2. The topological polar surface area (TPSA) is 66.9 Å². The number of rotatable bonds is 4. The Morgan fingerprint density at radius 1 is 1.04 bits per heavy atom. The summed E-state index contributed by atoms with van der Waals surface area (Å²) in [5.74, 6) is 1.37. The van der Waals surface area contributed by atoms with Crippen molar-refractivity contribution in [3.8, 4) is 5.75 Å². The second kappa shape index (κ2) is 7.74. The number of pyridine rings is 1. The van der Waals surface area contributed by atoms with Gasteiger partial charge in [-0.2, -0.15) is 0 Å². The van der Waals surface area contributed by atoms with Crippen molar-refractivity contribution in [3.63, 3.8) is 0 Å². The predicted molar refractivity (Wildman–Crippen MR) is 97.7 cm³/mol. The molecule has 7 nitrogen and oxygen atoms in total. The molecule has 0 unspecified atom stereocenters. The Bertz CT molecular complexity index is 713. The molecule has 0 aliphatic carbocycles. The van der Waals surface area contributed by atoms with E-state index in [1.54, 1.807) is 19.4 Å². The largest absolute Gasteiger partial charge is 0.495 e. The summed E-state index contributed by atoms with van der Waals surface area (Å²) in [7, 11) is 3.02. The number of piperazine rings is 1. The Labute approximate surface area is 147 Å². The molecule has 1 amide bonds. The minimum Gasteiger partial charge on any atom is -0.495 e. The number of amides is 1. The summed E-state index contributed by atoms with van der Waals surface area (Å²) in [6.07, 6.45) is 1.25. The number of anilines is 3. The maximum atomic E-state index is 11.2. The zero-order chi connectivity index (χ0) is 17.6. The molecule has 7 heteroatoms. The molecule has 3 rings (SSSR count). The van der Waals surface area contributed by atoms with Crippen LogP contribution in [0, 0.1) is 0 Å². The number of aromatic nitrogens is 1. The summed E-state index contributed by atoms with van der Waals surface area (Å²) >= 11 is 0. The SMILES string of the molecule is COC(=O)Nc1ccc(N2CCN(c3ccccc3OC)CC2)cn1. The number of nitrogens with one attached hydrogen (secondary N) is 1. The predicted octanol–water partition coefficient (Wildman–Crippen LogP) is 2.60. The fraction of sp³-hybridized carbons (Fsp3) is 0.333. The third kappa shape index (κ3) is 3.93. The Kier molecular flexibility index (Phi) is 5.23. The Morgan fingerprint density at radius 3 is 2.40 bits per heavy atom. The number of nitrogens with zero attached hydrogens (tertiary/aromatic N) is 3. The van der Waals surface area contributed by atoms with Crippen LogP contribution in [-0.2, 0) is 4.74 Å². The molecule has 25 heavy (non-hydrogen) atoms. The molecule has 1 aliphatic heterocycles. The maximum absolute atomic E-state index is 11.2. The molecule has 132 valence electrons. The number of hydrogen-bond acceptors (Lipinski definition) is 6. The number of para-hydroxylation sites is 2. The van der Waals surface area contributed by atoms with Gasteiger partial charge < -0.3 is 19.3 Å². The van der Waals surface area contributed by atoms with Crippen LogP contribution in [0.25, 0.3) is 0 Å². The zero-order valence-electron chi connectivity index (χ0n) is 14.4. The summed E-state index contributed by atoms with van der Waals surface area (Å²) in [5, 5.41) is 2.55.